The second kappa shape index (κ2) is 3.80. The SMILES string of the molecule is C=C(C(=O)c1cncnc1C)C(F)(F)F. The summed E-state index contributed by atoms with van der Waals surface area (Å²) in [4.78, 5) is 18.4. The third kappa shape index (κ3) is 2.39. The van der Waals surface area contributed by atoms with E-state index in [9.17, 15) is 18.0 Å². The Hall–Kier alpha value is -1.72. The van der Waals surface area contributed by atoms with E-state index in [1.54, 1.807) is 0 Å². The number of halogens is 3. The summed E-state index contributed by atoms with van der Waals surface area (Å²) in [5.41, 5.74) is -1.40. The van der Waals surface area contributed by atoms with Crippen molar-refractivity contribution in [1.82, 2.24) is 9.97 Å². The average Bonchev–Trinajstić information content (AvgIpc) is 2.15. The first-order valence-electron chi connectivity index (χ1n) is 3.91. The molecule has 0 aromatic carbocycles. The first-order chi connectivity index (χ1) is 6.84. The molecule has 0 aliphatic rings. The highest BCUT2D eigenvalue weighted by Crippen LogP contribution is 2.27. The Morgan fingerprint density at radius 1 is 1.47 bits per heavy atom. The van der Waals surface area contributed by atoms with E-state index < -0.39 is 17.5 Å². The van der Waals surface area contributed by atoms with Crippen LogP contribution in [-0.2, 0) is 0 Å². The number of aryl methyl sites for hydroxylation is 1. The van der Waals surface area contributed by atoms with Crippen molar-refractivity contribution in [2.24, 2.45) is 0 Å². The third-order valence-electron chi connectivity index (χ3n) is 1.77. The van der Waals surface area contributed by atoms with Crippen LogP contribution in [-0.4, -0.2) is 21.9 Å². The number of hydrogen-bond donors (Lipinski definition) is 0. The van der Waals surface area contributed by atoms with Crippen molar-refractivity contribution in [2.75, 3.05) is 0 Å². The Balaban J connectivity index is 3.07. The van der Waals surface area contributed by atoms with Gasteiger partial charge in [-0.1, -0.05) is 6.58 Å². The summed E-state index contributed by atoms with van der Waals surface area (Å²) in [6.45, 7) is 4.14. The zero-order chi connectivity index (χ0) is 11.6. The lowest BCUT2D eigenvalue weighted by molar-refractivity contribution is -0.0883. The van der Waals surface area contributed by atoms with Crippen molar-refractivity contribution in [2.45, 2.75) is 13.1 Å². The minimum Gasteiger partial charge on any atom is -0.289 e. The van der Waals surface area contributed by atoms with Gasteiger partial charge < -0.3 is 0 Å². The number of carbonyl (C=O) groups is 1. The third-order valence-corrected chi connectivity index (χ3v) is 1.77. The molecule has 3 nitrogen and oxygen atoms in total. The van der Waals surface area contributed by atoms with Crippen LogP contribution in [0, 0.1) is 6.92 Å². The number of Topliss-reactive ketones (excluding diaryl/α,β-unsaturated/α-hetero) is 1. The molecule has 0 spiro atoms. The summed E-state index contributed by atoms with van der Waals surface area (Å²) < 4.78 is 36.5. The molecule has 1 aromatic heterocycles. The molecule has 0 fully saturated rings. The van der Waals surface area contributed by atoms with Crippen molar-refractivity contribution >= 4 is 5.78 Å². The molecule has 1 heterocycles. The number of aromatic nitrogens is 2. The van der Waals surface area contributed by atoms with Gasteiger partial charge in [0.05, 0.1) is 16.8 Å². The van der Waals surface area contributed by atoms with E-state index in [0.29, 0.717) is 0 Å². The zero-order valence-electron chi connectivity index (χ0n) is 7.80. The largest absolute Gasteiger partial charge is 0.419 e. The molecule has 0 aliphatic heterocycles. The molecule has 0 aliphatic carbocycles. The van der Waals surface area contributed by atoms with E-state index in [-0.39, 0.29) is 11.3 Å². The first kappa shape index (κ1) is 11.4. The van der Waals surface area contributed by atoms with E-state index in [1.165, 1.54) is 6.92 Å². The van der Waals surface area contributed by atoms with Gasteiger partial charge in [-0.25, -0.2) is 9.97 Å². The van der Waals surface area contributed by atoms with E-state index in [4.69, 9.17) is 0 Å². The van der Waals surface area contributed by atoms with Crippen molar-refractivity contribution < 1.29 is 18.0 Å². The van der Waals surface area contributed by atoms with E-state index in [2.05, 4.69) is 16.5 Å². The molecular weight excluding hydrogens is 209 g/mol. The number of nitrogens with zero attached hydrogens (tertiary/aromatic N) is 2. The highest BCUT2D eigenvalue weighted by atomic mass is 19.4. The Morgan fingerprint density at radius 3 is 2.53 bits per heavy atom. The Morgan fingerprint density at radius 2 is 2.07 bits per heavy atom. The van der Waals surface area contributed by atoms with Gasteiger partial charge in [-0.3, -0.25) is 4.79 Å². The van der Waals surface area contributed by atoms with Gasteiger partial charge in [-0.15, -0.1) is 0 Å². The van der Waals surface area contributed by atoms with Crippen LogP contribution in [0.3, 0.4) is 0 Å². The average molecular weight is 216 g/mol. The molecule has 0 bridgehead atoms. The molecule has 0 atom stereocenters. The monoisotopic (exact) mass is 216 g/mol. The van der Waals surface area contributed by atoms with Gasteiger partial charge in [0.2, 0.25) is 5.78 Å². The summed E-state index contributed by atoms with van der Waals surface area (Å²) in [6, 6.07) is 0. The Kier molecular flexibility index (Phi) is 2.88. The topological polar surface area (TPSA) is 42.9 Å². The van der Waals surface area contributed by atoms with Gasteiger partial charge in [0.15, 0.2) is 0 Å². The highest BCUT2D eigenvalue weighted by molar-refractivity contribution is 6.09. The van der Waals surface area contributed by atoms with Gasteiger partial charge >= 0.3 is 6.18 Å². The summed E-state index contributed by atoms with van der Waals surface area (Å²) in [5.74, 6) is -1.19. The van der Waals surface area contributed by atoms with Crippen LogP contribution in [0.15, 0.2) is 24.7 Å². The van der Waals surface area contributed by atoms with Gasteiger partial charge in [-0.2, -0.15) is 13.2 Å². The Labute approximate surface area is 83.7 Å². The maximum absolute atomic E-state index is 12.2. The first-order valence-corrected chi connectivity index (χ1v) is 3.91. The standard InChI is InChI=1S/C9H7F3N2O/c1-5(9(10,11)12)8(15)7-3-13-4-14-6(7)2/h3-4H,1H2,2H3. The minimum absolute atomic E-state index is 0.181. The van der Waals surface area contributed by atoms with Crippen LogP contribution in [0.25, 0.3) is 0 Å². The molecule has 0 saturated heterocycles. The lowest BCUT2D eigenvalue weighted by atomic mass is 10.1. The van der Waals surface area contributed by atoms with Gasteiger partial charge in [0.1, 0.15) is 6.33 Å². The van der Waals surface area contributed by atoms with Crippen molar-refractivity contribution in [3.8, 4) is 0 Å². The highest BCUT2D eigenvalue weighted by Gasteiger charge is 2.37. The normalized spacial score (nSPS) is 11.2. The second-order valence-electron chi connectivity index (χ2n) is 2.83. The number of rotatable bonds is 2. The predicted molar refractivity (Wildman–Crippen MR) is 46.3 cm³/mol. The second-order valence-corrected chi connectivity index (χ2v) is 2.83. The fraction of sp³-hybridized carbons (Fsp3) is 0.222. The van der Waals surface area contributed by atoms with Gasteiger partial charge in [0.25, 0.3) is 0 Å². The molecule has 1 aromatic rings. The molecule has 1 rings (SSSR count). The quantitative estimate of drug-likeness (QED) is 0.561. The molecule has 0 radical (unpaired) electrons. The lowest BCUT2D eigenvalue weighted by Gasteiger charge is -2.09. The number of carbonyl (C=O) groups excluding carboxylic acids is 1. The zero-order valence-corrected chi connectivity index (χ0v) is 7.80. The van der Waals surface area contributed by atoms with E-state index >= 15 is 0 Å². The van der Waals surface area contributed by atoms with Crippen LogP contribution in [0.4, 0.5) is 13.2 Å². The van der Waals surface area contributed by atoms with E-state index in [0.717, 1.165) is 12.5 Å². The predicted octanol–water partition coefficient (Wildman–Crippen LogP) is 2.09. The molecule has 0 unspecified atom stereocenters. The van der Waals surface area contributed by atoms with Crippen molar-refractivity contribution in [3.05, 3.63) is 35.9 Å². The molecule has 6 heteroatoms. The Bertz CT molecular complexity index is 412. The fourth-order valence-electron chi connectivity index (χ4n) is 0.905. The van der Waals surface area contributed by atoms with Crippen molar-refractivity contribution in [3.63, 3.8) is 0 Å². The van der Waals surface area contributed by atoms with E-state index in [1.807, 2.05) is 0 Å². The van der Waals surface area contributed by atoms with Gasteiger partial charge in [0, 0.05) is 6.20 Å². The minimum atomic E-state index is -4.72. The summed E-state index contributed by atoms with van der Waals surface area (Å²) in [5, 5.41) is 0. The van der Waals surface area contributed by atoms with Crippen LogP contribution < -0.4 is 0 Å². The van der Waals surface area contributed by atoms with Crippen LogP contribution in [0.5, 0.6) is 0 Å². The lowest BCUT2D eigenvalue weighted by Crippen LogP contribution is -2.20. The number of hydrogen-bond acceptors (Lipinski definition) is 3. The number of ketones is 1. The molecule has 15 heavy (non-hydrogen) atoms. The molecule has 80 valence electrons. The van der Waals surface area contributed by atoms with Crippen molar-refractivity contribution in [1.29, 1.82) is 0 Å². The number of allylic oxidation sites excluding steroid dienone is 1. The summed E-state index contributed by atoms with van der Waals surface area (Å²) in [6.07, 6.45) is -2.52. The molecule has 0 N–H and O–H groups in total. The molecule has 0 saturated carbocycles. The van der Waals surface area contributed by atoms with Gasteiger partial charge in [-0.05, 0) is 6.92 Å². The number of alkyl halides is 3. The van der Waals surface area contributed by atoms with Crippen LogP contribution in [0.2, 0.25) is 0 Å². The molecular formula is C9H7F3N2O. The maximum Gasteiger partial charge on any atom is 0.419 e. The summed E-state index contributed by atoms with van der Waals surface area (Å²) >= 11 is 0. The molecule has 0 amide bonds. The fourth-order valence-corrected chi connectivity index (χ4v) is 0.905. The smallest absolute Gasteiger partial charge is 0.289 e. The van der Waals surface area contributed by atoms with Crippen LogP contribution >= 0.6 is 0 Å². The maximum atomic E-state index is 12.2. The summed E-state index contributed by atoms with van der Waals surface area (Å²) in [7, 11) is 0. The van der Waals surface area contributed by atoms with Crippen LogP contribution in [0.1, 0.15) is 16.1 Å².